The molecule has 1 aromatic rings. The molecule has 0 bridgehead atoms. The van der Waals surface area contributed by atoms with E-state index in [1.807, 2.05) is 0 Å². The molecule has 0 aliphatic heterocycles. The Labute approximate surface area is 120 Å². The van der Waals surface area contributed by atoms with Gasteiger partial charge in [0.05, 0.1) is 5.92 Å². The molecule has 0 spiro atoms. The average molecular weight is 307 g/mol. The van der Waals surface area contributed by atoms with Gasteiger partial charge in [-0.15, -0.1) is 0 Å². The number of rotatable bonds is 4. The predicted molar refractivity (Wildman–Crippen MR) is 70.0 cm³/mol. The van der Waals surface area contributed by atoms with E-state index in [1.165, 1.54) is 12.1 Å². The lowest BCUT2D eigenvalue weighted by atomic mass is 9.85. The topological polar surface area (TPSA) is 12.0 Å². The smallest absolute Gasteiger partial charge is 0.310 e. The van der Waals surface area contributed by atoms with Gasteiger partial charge in [0.15, 0.2) is 0 Å². The van der Waals surface area contributed by atoms with Crippen molar-refractivity contribution in [3.63, 3.8) is 0 Å². The van der Waals surface area contributed by atoms with Crippen LogP contribution < -0.4 is 5.32 Å². The molecule has 2 rings (SSSR count). The van der Waals surface area contributed by atoms with Crippen LogP contribution in [0.3, 0.4) is 0 Å². The summed E-state index contributed by atoms with van der Waals surface area (Å²) >= 11 is 0. The van der Waals surface area contributed by atoms with Crippen molar-refractivity contribution < 1.29 is 22.0 Å². The van der Waals surface area contributed by atoms with Crippen molar-refractivity contribution in [2.75, 3.05) is 0 Å². The van der Waals surface area contributed by atoms with Crippen molar-refractivity contribution in [1.82, 2.24) is 5.32 Å². The Morgan fingerprint density at radius 2 is 1.57 bits per heavy atom. The predicted octanol–water partition coefficient (Wildman–Crippen LogP) is 4.83. The molecular formula is C15H18F5N. The van der Waals surface area contributed by atoms with Crippen molar-refractivity contribution in [3.05, 3.63) is 35.4 Å². The zero-order valence-corrected chi connectivity index (χ0v) is 11.5. The third kappa shape index (κ3) is 4.66. The summed E-state index contributed by atoms with van der Waals surface area (Å²) in [5.41, 5.74) is 0.835. The average Bonchev–Trinajstić information content (AvgIpc) is 2.45. The van der Waals surface area contributed by atoms with Crippen LogP contribution in [0.2, 0.25) is 0 Å². The number of hydrogen-bond acceptors (Lipinski definition) is 1. The van der Waals surface area contributed by atoms with Crippen LogP contribution in [0, 0.1) is 5.92 Å². The highest BCUT2D eigenvalue weighted by atomic mass is 19.4. The molecule has 21 heavy (non-hydrogen) atoms. The molecule has 1 aromatic carbocycles. The second kappa shape index (κ2) is 6.73. The van der Waals surface area contributed by atoms with Crippen LogP contribution >= 0.6 is 0 Å². The van der Waals surface area contributed by atoms with E-state index in [-0.39, 0.29) is 24.4 Å². The van der Waals surface area contributed by atoms with Gasteiger partial charge in [-0.1, -0.05) is 24.3 Å². The minimum atomic E-state index is -4.09. The molecule has 118 valence electrons. The molecule has 0 amide bonds. The summed E-state index contributed by atoms with van der Waals surface area (Å²) in [6.07, 6.45) is -5.25. The van der Waals surface area contributed by atoms with Gasteiger partial charge in [-0.05, 0) is 31.2 Å². The summed E-state index contributed by atoms with van der Waals surface area (Å²) in [6, 6.07) is 6.06. The van der Waals surface area contributed by atoms with Gasteiger partial charge < -0.3 is 5.32 Å². The lowest BCUT2D eigenvalue weighted by Gasteiger charge is -2.30. The number of alkyl halides is 5. The van der Waals surface area contributed by atoms with E-state index in [0.717, 1.165) is 5.56 Å². The maximum Gasteiger partial charge on any atom is 0.391 e. The molecule has 0 saturated heterocycles. The second-order valence-electron chi connectivity index (χ2n) is 5.51. The monoisotopic (exact) mass is 307 g/mol. The van der Waals surface area contributed by atoms with Crippen molar-refractivity contribution in [1.29, 1.82) is 0 Å². The van der Waals surface area contributed by atoms with Crippen LogP contribution in [-0.4, -0.2) is 12.2 Å². The normalized spacial score (nSPS) is 23.5. The first-order chi connectivity index (χ1) is 9.86. The van der Waals surface area contributed by atoms with Gasteiger partial charge >= 0.3 is 6.18 Å². The first-order valence-electron chi connectivity index (χ1n) is 7.03. The Hall–Kier alpha value is -1.17. The SMILES string of the molecule is FC(F)c1ccc(CNC2CCC(C(F)(F)F)CC2)cc1. The molecule has 1 N–H and O–H groups in total. The Bertz CT molecular complexity index is 432. The Morgan fingerprint density at radius 1 is 1.00 bits per heavy atom. The van der Waals surface area contributed by atoms with Gasteiger partial charge in [0.25, 0.3) is 6.43 Å². The van der Waals surface area contributed by atoms with E-state index in [1.54, 1.807) is 12.1 Å². The van der Waals surface area contributed by atoms with Crippen LogP contribution in [0.15, 0.2) is 24.3 Å². The summed E-state index contributed by atoms with van der Waals surface area (Å²) in [5.74, 6) is -1.18. The van der Waals surface area contributed by atoms with Gasteiger partial charge in [-0.3, -0.25) is 0 Å². The molecule has 0 heterocycles. The summed E-state index contributed by atoms with van der Waals surface area (Å²) in [5, 5.41) is 3.20. The van der Waals surface area contributed by atoms with Crippen LogP contribution in [0.1, 0.15) is 43.2 Å². The van der Waals surface area contributed by atoms with Crippen LogP contribution in [-0.2, 0) is 6.54 Å². The van der Waals surface area contributed by atoms with E-state index in [4.69, 9.17) is 0 Å². The molecule has 1 fully saturated rings. The Balaban J connectivity index is 1.77. The van der Waals surface area contributed by atoms with Crippen molar-refractivity contribution in [3.8, 4) is 0 Å². The summed E-state index contributed by atoms with van der Waals surface area (Å²) in [6.45, 7) is 0.491. The van der Waals surface area contributed by atoms with E-state index < -0.39 is 18.5 Å². The highest BCUT2D eigenvalue weighted by molar-refractivity contribution is 5.23. The van der Waals surface area contributed by atoms with Gasteiger partial charge in [0.1, 0.15) is 0 Å². The molecule has 0 unspecified atom stereocenters. The fraction of sp³-hybridized carbons (Fsp3) is 0.600. The molecule has 1 aliphatic rings. The van der Waals surface area contributed by atoms with Crippen LogP contribution in [0.5, 0.6) is 0 Å². The van der Waals surface area contributed by atoms with Gasteiger partial charge in [-0.2, -0.15) is 13.2 Å². The largest absolute Gasteiger partial charge is 0.391 e. The minimum Gasteiger partial charge on any atom is -0.310 e. The standard InChI is InChI=1S/C15H18F5N/c16-14(17)11-3-1-10(2-4-11)9-21-13-7-5-12(6-8-13)15(18,19)20/h1-4,12-14,21H,5-9H2. The van der Waals surface area contributed by atoms with Crippen LogP contribution in [0.25, 0.3) is 0 Å². The second-order valence-corrected chi connectivity index (χ2v) is 5.51. The quantitative estimate of drug-likeness (QED) is 0.785. The lowest BCUT2D eigenvalue weighted by molar-refractivity contribution is -0.182. The summed E-state index contributed by atoms with van der Waals surface area (Å²) in [7, 11) is 0. The molecule has 1 aliphatic carbocycles. The first kappa shape index (κ1) is 16.2. The molecule has 6 heteroatoms. The molecule has 0 radical (unpaired) electrons. The fourth-order valence-corrected chi connectivity index (χ4v) is 2.67. The zero-order valence-electron chi connectivity index (χ0n) is 11.5. The minimum absolute atomic E-state index is 0.0237. The third-order valence-corrected chi connectivity index (χ3v) is 4.02. The first-order valence-corrected chi connectivity index (χ1v) is 7.03. The molecule has 0 aromatic heterocycles. The zero-order chi connectivity index (χ0) is 15.5. The number of hydrogen-bond donors (Lipinski definition) is 1. The third-order valence-electron chi connectivity index (χ3n) is 4.02. The van der Waals surface area contributed by atoms with Gasteiger partial charge in [-0.25, -0.2) is 8.78 Å². The van der Waals surface area contributed by atoms with Gasteiger partial charge in [0, 0.05) is 18.2 Å². The number of nitrogens with one attached hydrogen (secondary N) is 1. The number of benzene rings is 1. The number of halogens is 5. The fourth-order valence-electron chi connectivity index (χ4n) is 2.67. The van der Waals surface area contributed by atoms with E-state index in [2.05, 4.69) is 5.32 Å². The van der Waals surface area contributed by atoms with Gasteiger partial charge in [0.2, 0.25) is 0 Å². The van der Waals surface area contributed by atoms with E-state index in [9.17, 15) is 22.0 Å². The maximum absolute atomic E-state index is 12.5. The summed E-state index contributed by atoms with van der Waals surface area (Å²) in [4.78, 5) is 0. The molecule has 1 saturated carbocycles. The molecular weight excluding hydrogens is 289 g/mol. The molecule has 1 nitrogen and oxygen atoms in total. The van der Waals surface area contributed by atoms with Crippen molar-refractivity contribution in [2.45, 2.75) is 50.9 Å². The van der Waals surface area contributed by atoms with E-state index in [0.29, 0.717) is 19.4 Å². The van der Waals surface area contributed by atoms with Crippen molar-refractivity contribution >= 4 is 0 Å². The Kier molecular flexibility index (Phi) is 5.19. The van der Waals surface area contributed by atoms with Crippen molar-refractivity contribution in [2.24, 2.45) is 5.92 Å². The molecule has 0 atom stereocenters. The maximum atomic E-state index is 12.5. The highest BCUT2D eigenvalue weighted by Gasteiger charge is 2.41. The Morgan fingerprint density at radius 3 is 2.05 bits per heavy atom. The van der Waals surface area contributed by atoms with E-state index >= 15 is 0 Å². The van der Waals surface area contributed by atoms with Crippen LogP contribution in [0.4, 0.5) is 22.0 Å². The summed E-state index contributed by atoms with van der Waals surface area (Å²) < 4.78 is 62.4. The lowest BCUT2D eigenvalue weighted by Crippen LogP contribution is -2.36. The highest BCUT2D eigenvalue weighted by Crippen LogP contribution is 2.37.